The number of piperazine rings is 1. The zero-order chi connectivity index (χ0) is 30.6. The molecular formula is C30H35ClN6O4S2. The van der Waals surface area contributed by atoms with E-state index in [1.165, 1.54) is 18.2 Å². The van der Waals surface area contributed by atoms with Crippen LogP contribution < -0.4 is 15.6 Å². The third kappa shape index (κ3) is 7.90. The van der Waals surface area contributed by atoms with Crippen LogP contribution in [0.15, 0.2) is 94.4 Å². The van der Waals surface area contributed by atoms with E-state index < -0.39 is 20.0 Å². The Labute approximate surface area is 257 Å². The number of sulfonamides is 2. The largest absolute Gasteiger partial charge is 0.384 e. The Bertz CT molecular complexity index is 1780. The lowest BCUT2D eigenvalue weighted by molar-refractivity contribution is 0.109. The number of primary sulfonamides is 2. The van der Waals surface area contributed by atoms with Gasteiger partial charge in [-0.25, -0.2) is 27.1 Å². The van der Waals surface area contributed by atoms with Gasteiger partial charge in [0, 0.05) is 55.0 Å². The van der Waals surface area contributed by atoms with Gasteiger partial charge in [0.2, 0.25) is 20.0 Å². The highest BCUT2D eigenvalue weighted by atomic mass is 35.5. The minimum absolute atomic E-state index is 0.0422. The molecule has 2 aliphatic rings. The first-order valence-electron chi connectivity index (χ1n) is 14.0. The third-order valence-corrected chi connectivity index (χ3v) is 9.85. The number of hydrogen-bond donors (Lipinski definition) is 3. The predicted molar refractivity (Wildman–Crippen MR) is 171 cm³/mol. The number of benzene rings is 2. The van der Waals surface area contributed by atoms with Gasteiger partial charge in [-0.1, -0.05) is 42.0 Å². The molecule has 13 heteroatoms. The van der Waals surface area contributed by atoms with E-state index in [1.54, 1.807) is 30.5 Å². The van der Waals surface area contributed by atoms with E-state index >= 15 is 0 Å². The summed E-state index contributed by atoms with van der Waals surface area (Å²) < 4.78 is 47.6. The van der Waals surface area contributed by atoms with Crippen LogP contribution in [0.3, 0.4) is 0 Å². The highest BCUT2D eigenvalue weighted by Gasteiger charge is 2.28. The quantitative estimate of drug-likeness (QED) is 0.283. The van der Waals surface area contributed by atoms with Gasteiger partial charge in [-0.3, -0.25) is 9.88 Å². The molecule has 1 atom stereocenters. The predicted octanol–water partition coefficient (Wildman–Crippen LogP) is 3.76. The van der Waals surface area contributed by atoms with Crippen LogP contribution in [0.4, 0.5) is 5.69 Å². The van der Waals surface area contributed by atoms with Crippen molar-refractivity contribution in [1.29, 1.82) is 0 Å². The number of pyridine rings is 1. The Hall–Kier alpha value is -3.10. The van der Waals surface area contributed by atoms with Crippen LogP contribution >= 0.6 is 11.6 Å². The van der Waals surface area contributed by atoms with E-state index in [0.717, 1.165) is 73.4 Å². The summed E-state index contributed by atoms with van der Waals surface area (Å²) >= 11 is 6.11. The van der Waals surface area contributed by atoms with Crippen LogP contribution in [0.25, 0.3) is 10.9 Å². The molecule has 2 heterocycles. The molecule has 1 saturated heterocycles. The fraction of sp³-hybridized carbons (Fsp3) is 0.300. The minimum Gasteiger partial charge on any atom is -0.384 e. The van der Waals surface area contributed by atoms with Crippen molar-refractivity contribution in [3.63, 3.8) is 0 Å². The number of rotatable bonds is 10. The molecular weight excluding hydrogens is 608 g/mol. The van der Waals surface area contributed by atoms with Crippen molar-refractivity contribution in [2.45, 2.75) is 23.8 Å². The standard InChI is InChI=1S/C30H35ClN6O4S2/c31-24-8-12-27-28(13-15-35-29(27)21-24)34-14-2-16-36-17-19-37(20-18-36)30(23-6-10-26(11-7-23)43(33,40)41)22-3-1-4-25(9-5-22)42(32,38)39/h3-13,15,21,30H,1-2,14,16-20H2,(H,34,35)(H2,32,38,39)(H2,33,40,41). The third-order valence-electron chi connectivity index (χ3n) is 7.72. The summed E-state index contributed by atoms with van der Waals surface area (Å²) in [4.78, 5) is 9.29. The fourth-order valence-corrected chi connectivity index (χ4v) is 6.81. The number of halogens is 1. The van der Waals surface area contributed by atoms with Crippen molar-refractivity contribution in [3.05, 3.63) is 100 Å². The zero-order valence-electron chi connectivity index (χ0n) is 23.6. The number of aromatic nitrogens is 1. The monoisotopic (exact) mass is 642 g/mol. The lowest BCUT2D eigenvalue weighted by Crippen LogP contribution is -2.48. The van der Waals surface area contributed by atoms with Crippen LogP contribution in [0, 0.1) is 0 Å². The first-order valence-corrected chi connectivity index (χ1v) is 17.4. The minimum atomic E-state index is -3.83. The molecule has 1 fully saturated rings. The summed E-state index contributed by atoms with van der Waals surface area (Å²) in [5, 5.41) is 15.9. The highest BCUT2D eigenvalue weighted by Crippen LogP contribution is 2.33. The summed E-state index contributed by atoms with van der Waals surface area (Å²) in [6.45, 7) is 5.04. The van der Waals surface area contributed by atoms with Gasteiger partial charge in [0.15, 0.2) is 0 Å². The first kappa shape index (κ1) is 31.3. The zero-order valence-corrected chi connectivity index (χ0v) is 26.0. The molecule has 2 aromatic carbocycles. The van der Waals surface area contributed by atoms with Crippen LogP contribution in [-0.4, -0.2) is 70.9 Å². The van der Waals surface area contributed by atoms with Crippen LogP contribution in [0.1, 0.15) is 24.4 Å². The molecule has 43 heavy (non-hydrogen) atoms. The molecule has 0 spiro atoms. The second-order valence-corrected chi connectivity index (χ2v) is 14.2. The molecule has 1 aliphatic heterocycles. The Morgan fingerprint density at radius 2 is 1.65 bits per heavy atom. The number of nitrogens with two attached hydrogens (primary N) is 2. The molecule has 3 aromatic rings. The Kier molecular flexibility index (Phi) is 9.67. The summed E-state index contributed by atoms with van der Waals surface area (Å²) in [5.41, 5.74) is 3.71. The van der Waals surface area contributed by atoms with Gasteiger partial charge in [-0.05, 0) is 73.0 Å². The Balaban J connectivity index is 1.23. The van der Waals surface area contributed by atoms with Crippen LogP contribution in [0.2, 0.25) is 5.02 Å². The Morgan fingerprint density at radius 1 is 0.907 bits per heavy atom. The normalized spacial score (nSPS) is 17.7. The second kappa shape index (κ2) is 13.3. The van der Waals surface area contributed by atoms with Crippen LogP contribution in [-0.2, 0) is 20.0 Å². The maximum Gasteiger partial charge on any atom is 0.238 e. The number of allylic oxidation sites excluding steroid dienone is 3. The Morgan fingerprint density at radius 3 is 2.35 bits per heavy atom. The van der Waals surface area contributed by atoms with Crippen LogP contribution in [0.5, 0.6) is 0 Å². The second-order valence-electron chi connectivity index (χ2n) is 10.6. The SMILES string of the molecule is NS(=O)(=O)C1=CCC=C(C(c2ccc(S(N)(=O)=O)cc2)N2CCN(CCCNc3ccnc4cc(Cl)ccc34)CC2)C=C1. The van der Waals surface area contributed by atoms with Gasteiger partial charge in [-0.2, -0.15) is 0 Å². The number of anilines is 1. The van der Waals surface area contributed by atoms with Crippen molar-refractivity contribution < 1.29 is 16.8 Å². The maximum atomic E-state index is 12.0. The lowest BCUT2D eigenvalue weighted by atomic mass is 9.95. The van der Waals surface area contributed by atoms with Gasteiger partial charge in [0.05, 0.1) is 21.4 Å². The molecule has 228 valence electrons. The summed E-state index contributed by atoms with van der Waals surface area (Å²) in [7, 11) is -7.66. The van der Waals surface area contributed by atoms with E-state index in [-0.39, 0.29) is 15.8 Å². The smallest absolute Gasteiger partial charge is 0.238 e. The summed E-state index contributed by atoms with van der Waals surface area (Å²) in [6.07, 6.45) is 10.1. The number of hydrogen-bond acceptors (Lipinski definition) is 8. The average Bonchev–Trinajstić information content (AvgIpc) is 3.22. The number of nitrogens with one attached hydrogen (secondary N) is 1. The summed E-state index contributed by atoms with van der Waals surface area (Å²) in [6, 6.07) is 14.1. The summed E-state index contributed by atoms with van der Waals surface area (Å²) in [5.74, 6) is 0. The van der Waals surface area contributed by atoms with Crippen molar-refractivity contribution in [2.24, 2.45) is 10.3 Å². The topological polar surface area (TPSA) is 152 Å². The molecule has 0 radical (unpaired) electrons. The van der Waals surface area contributed by atoms with Gasteiger partial charge in [0.1, 0.15) is 0 Å². The van der Waals surface area contributed by atoms with Crippen molar-refractivity contribution >= 4 is 48.2 Å². The molecule has 1 unspecified atom stereocenters. The van der Waals surface area contributed by atoms with Crippen molar-refractivity contribution in [3.8, 4) is 0 Å². The molecule has 5 rings (SSSR count). The average molecular weight is 643 g/mol. The molecule has 0 bridgehead atoms. The van der Waals surface area contributed by atoms with E-state index in [1.807, 2.05) is 30.3 Å². The van der Waals surface area contributed by atoms with E-state index in [4.69, 9.17) is 21.9 Å². The van der Waals surface area contributed by atoms with Gasteiger partial charge in [-0.15, -0.1) is 0 Å². The molecule has 10 nitrogen and oxygen atoms in total. The maximum absolute atomic E-state index is 12.0. The van der Waals surface area contributed by atoms with E-state index in [0.29, 0.717) is 11.4 Å². The molecule has 0 amide bonds. The number of fused-ring (bicyclic) bond motifs is 1. The van der Waals surface area contributed by atoms with Gasteiger partial charge < -0.3 is 10.2 Å². The van der Waals surface area contributed by atoms with Gasteiger partial charge >= 0.3 is 0 Å². The molecule has 5 N–H and O–H groups in total. The highest BCUT2D eigenvalue weighted by molar-refractivity contribution is 7.93. The van der Waals surface area contributed by atoms with E-state index in [2.05, 4.69) is 20.1 Å². The molecule has 1 aliphatic carbocycles. The van der Waals surface area contributed by atoms with Crippen molar-refractivity contribution in [1.82, 2.24) is 14.8 Å². The van der Waals surface area contributed by atoms with Crippen molar-refractivity contribution in [2.75, 3.05) is 44.6 Å². The first-order chi connectivity index (χ1) is 20.5. The number of nitrogens with zero attached hydrogens (tertiary/aromatic N) is 3. The molecule has 0 saturated carbocycles. The van der Waals surface area contributed by atoms with E-state index in [9.17, 15) is 16.8 Å². The lowest BCUT2D eigenvalue weighted by Gasteiger charge is -2.40. The van der Waals surface area contributed by atoms with Gasteiger partial charge in [0.25, 0.3) is 0 Å². The molecule has 1 aromatic heterocycles. The fourth-order valence-electron chi connectivity index (χ4n) is 5.54.